The van der Waals surface area contributed by atoms with Crippen molar-refractivity contribution in [1.82, 2.24) is 4.98 Å². The molecule has 1 N–H and O–H groups in total. The molecular weight excluding hydrogens is 380 g/mol. The Balaban J connectivity index is 1.62. The van der Waals surface area contributed by atoms with Gasteiger partial charge in [0.05, 0.1) is 23.2 Å². The first-order valence-electron chi connectivity index (χ1n) is 8.95. The highest BCUT2D eigenvalue weighted by Gasteiger charge is 2.20. The first-order valence-corrected chi connectivity index (χ1v) is 11.8. The molecule has 0 radical (unpaired) electrons. The van der Waals surface area contributed by atoms with Crippen LogP contribution < -0.4 is 0 Å². The van der Waals surface area contributed by atoms with Gasteiger partial charge in [-0.3, -0.25) is 0 Å². The summed E-state index contributed by atoms with van der Waals surface area (Å²) in [6.45, 7) is 0. The van der Waals surface area contributed by atoms with Crippen LogP contribution in [0, 0.1) is 11.3 Å². The number of hydrogen-bond acceptors (Lipinski definition) is 6. The molecule has 1 heterocycles. The third kappa shape index (κ3) is 5.55. The molecule has 1 atom stereocenters. The quantitative estimate of drug-likeness (QED) is 0.716. The standard InChI is InChI=1S/C20H22N2O3S2/c21-11-17-10-16-8-4-5-9-19(16)22-20(17)26-12-18(23)14-27(24,25)13-15-6-2-1-3-7-15/h1-3,6-7,10,18,23H,4-5,8-9,12-14H2/t18-/m0/s1. The molecule has 0 saturated carbocycles. The van der Waals surface area contributed by atoms with E-state index < -0.39 is 15.9 Å². The summed E-state index contributed by atoms with van der Waals surface area (Å²) in [5.41, 5.74) is 3.36. The zero-order valence-corrected chi connectivity index (χ0v) is 16.6. The first kappa shape index (κ1) is 19.9. The molecule has 27 heavy (non-hydrogen) atoms. The van der Waals surface area contributed by atoms with E-state index in [2.05, 4.69) is 11.1 Å². The Hall–Kier alpha value is -1.88. The number of aliphatic hydroxyl groups excluding tert-OH is 1. The summed E-state index contributed by atoms with van der Waals surface area (Å²) in [5, 5.41) is 20.2. The van der Waals surface area contributed by atoms with Gasteiger partial charge in [0.25, 0.3) is 0 Å². The van der Waals surface area contributed by atoms with Crippen molar-refractivity contribution in [2.75, 3.05) is 11.5 Å². The van der Waals surface area contributed by atoms with E-state index >= 15 is 0 Å². The maximum absolute atomic E-state index is 12.3. The molecule has 0 saturated heterocycles. The van der Waals surface area contributed by atoms with Crippen molar-refractivity contribution < 1.29 is 13.5 Å². The normalized spacial score (nSPS) is 15.0. The van der Waals surface area contributed by atoms with E-state index in [4.69, 9.17) is 0 Å². The lowest BCUT2D eigenvalue weighted by Gasteiger charge is -2.17. The molecule has 0 aliphatic heterocycles. The van der Waals surface area contributed by atoms with E-state index in [1.165, 1.54) is 11.8 Å². The molecule has 1 aliphatic carbocycles. The van der Waals surface area contributed by atoms with Crippen molar-refractivity contribution in [2.45, 2.75) is 42.6 Å². The molecule has 1 aliphatic rings. The van der Waals surface area contributed by atoms with E-state index in [1.807, 2.05) is 12.1 Å². The van der Waals surface area contributed by atoms with E-state index in [0.717, 1.165) is 36.9 Å². The van der Waals surface area contributed by atoms with Gasteiger partial charge in [-0.15, -0.1) is 11.8 Å². The van der Waals surface area contributed by atoms with Crippen molar-refractivity contribution in [1.29, 1.82) is 5.26 Å². The highest BCUT2D eigenvalue weighted by atomic mass is 32.2. The number of benzene rings is 1. The van der Waals surface area contributed by atoms with Crippen molar-refractivity contribution in [3.05, 3.63) is 58.8 Å². The van der Waals surface area contributed by atoms with E-state index in [1.54, 1.807) is 24.3 Å². The number of hydrogen-bond donors (Lipinski definition) is 1. The zero-order valence-electron chi connectivity index (χ0n) is 15.0. The summed E-state index contributed by atoms with van der Waals surface area (Å²) in [5.74, 6) is -0.202. The molecule has 1 aromatic heterocycles. The third-order valence-corrected chi connectivity index (χ3v) is 7.28. The lowest BCUT2D eigenvalue weighted by atomic mass is 9.95. The van der Waals surface area contributed by atoms with E-state index in [9.17, 15) is 18.8 Å². The lowest BCUT2D eigenvalue weighted by Crippen LogP contribution is -2.24. The number of pyridine rings is 1. The van der Waals surface area contributed by atoms with Crippen LogP contribution in [0.25, 0.3) is 0 Å². The molecule has 0 unspecified atom stereocenters. The predicted molar refractivity (Wildman–Crippen MR) is 106 cm³/mol. The molecule has 5 nitrogen and oxygen atoms in total. The second-order valence-corrected chi connectivity index (χ2v) is 9.89. The number of nitriles is 1. The second kappa shape index (κ2) is 8.87. The molecule has 0 amide bonds. The van der Waals surface area contributed by atoms with Gasteiger partial charge >= 0.3 is 0 Å². The summed E-state index contributed by atoms with van der Waals surface area (Å²) in [6, 6.07) is 13.0. The fraction of sp³-hybridized carbons (Fsp3) is 0.400. The van der Waals surface area contributed by atoms with Gasteiger partial charge in [-0.25, -0.2) is 13.4 Å². The number of rotatable bonds is 7. The Morgan fingerprint density at radius 3 is 2.70 bits per heavy atom. The molecule has 7 heteroatoms. The van der Waals surface area contributed by atoms with Crippen LogP contribution in [0.5, 0.6) is 0 Å². The second-order valence-electron chi connectivity index (χ2n) is 6.77. The topological polar surface area (TPSA) is 91.0 Å². The Labute approximate surface area is 164 Å². The molecule has 0 spiro atoms. The summed E-state index contributed by atoms with van der Waals surface area (Å²) in [4.78, 5) is 4.60. The number of nitrogens with zero attached hydrogens (tertiary/aromatic N) is 2. The SMILES string of the molecule is N#Cc1cc2c(nc1SC[C@H](O)CS(=O)(=O)Cc1ccccc1)CCCC2. The highest BCUT2D eigenvalue weighted by molar-refractivity contribution is 7.99. The van der Waals surface area contributed by atoms with E-state index in [-0.39, 0.29) is 17.3 Å². The predicted octanol–water partition coefficient (Wildman–Crippen LogP) is 2.90. The van der Waals surface area contributed by atoms with Crippen LogP contribution in [0.4, 0.5) is 0 Å². The minimum absolute atomic E-state index is 0.0872. The van der Waals surface area contributed by atoms with Crippen molar-refractivity contribution in [3.8, 4) is 6.07 Å². The number of aryl methyl sites for hydroxylation is 2. The number of aromatic nitrogens is 1. The van der Waals surface area contributed by atoms with Crippen LogP contribution in [-0.2, 0) is 28.4 Å². The molecular formula is C20H22N2O3S2. The van der Waals surface area contributed by atoms with Crippen LogP contribution in [-0.4, -0.2) is 36.1 Å². The van der Waals surface area contributed by atoms with Gasteiger partial charge in [-0.1, -0.05) is 30.3 Å². The van der Waals surface area contributed by atoms with Gasteiger partial charge in [0.1, 0.15) is 11.1 Å². The Bertz CT molecular complexity index is 938. The maximum Gasteiger partial charge on any atom is 0.157 e. The van der Waals surface area contributed by atoms with Gasteiger partial charge in [0, 0.05) is 11.4 Å². The van der Waals surface area contributed by atoms with Gasteiger partial charge in [0.2, 0.25) is 0 Å². The number of fused-ring (bicyclic) bond motifs is 1. The monoisotopic (exact) mass is 402 g/mol. The Kier molecular flexibility index (Phi) is 6.53. The molecule has 142 valence electrons. The van der Waals surface area contributed by atoms with Crippen molar-refractivity contribution in [2.24, 2.45) is 0 Å². The van der Waals surface area contributed by atoms with Gasteiger partial charge in [-0.05, 0) is 42.9 Å². The fourth-order valence-electron chi connectivity index (χ4n) is 3.21. The average molecular weight is 403 g/mol. The Morgan fingerprint density at radius 1 is 1.22 bits per heavy atom. The van der Waals surface area contributed by atoms with Crippen LogP contribution in [0.15, 0.2) is 41.4 Å². The molecule has 2 aromatic rings. The van der Waals surface area contributed by atoms with Crippen LogP contribution in [0.3, 0.4) is 0 Å². The minimum Gasteiger partial charge on any atom is -0.391 e. The smallest absolute Gasteiger partial charge is 0.157 e. The molecule has 3 rings (SSSR count). The summed E-state index contributed by atoms with van der Waals surface area (Å²) >= 11 is 1.25. The van der Waals surface area contributed by atoms with Gasteiger partial charge in [-0.2, -0.15) is 5.26 Å². The van der Waals surface area contributed by atoms with E-state index in [0.29, 0.717) is 16.2 Å². The first-order chi connectivity index (χ1) is 13.0. The van der Waals surface area contributed by atoms with Crippen molar-refractivity contribution >= 4 is 21.6 Å². The number of aliphatic hydroxyl groups is 1. The lowest BCUT2D eigenvalue weighted by molar-refractivity contribution is 0.222. The molecule has 1 aromatic carbocycles. The van der Waals surface area contributed by atoms with Crippen LogP contribution >= 0.6 is 11.8 Å². The number of sulfone groups is 1. The van der Waals surface area contributed by atoms with Gasteiger partial charge in [0.15, 0.2) is 9.84 Å². The minimum atomic E-state index is -3.42. The number of thioether (sulfide) groups is 1. The molecule has 0 fully saturated rings. The van der Waals surface area contributed by atoms with Gasteiger partial charge < -0.3 is 5.11 Å². The summed E-state index contributed by atoms with van der Waals surface area (Å²) in [6.07, 6.45) is 3.05. The largest absolute Gasteiger partial charge is 0.391 e. The summed E-state index contributed by atoms with van der Waals surface area (Å²) in [7, 11) is -3.42. The highest BCUT2D eigenvalue weighted by Crippen LogP contribution is 2.27. The Morgan fingerprint density at radius 2 is 1.96 bits per heavy atom. The maximum atomic E-state index is 12.3. The molecule has 0 bridgehead atoms. The van der Waals surface area contributed by atoms with Crippen molar-refractivity contribution in [3.63, 3.8) is 0 Å². The zero-order chi connectivity index (χ0) is 19.3. The average Bonchev–Trinajstić information content (AvgIpc) is 2.65. The third-order valence-electron chi connectivity index (χ3n) is 4.47. The van der Waals surface area contributed by atoms with Crippen LogP contribution in [0.2, 0.25) is 0 Å². The van der Waals surface area contributed by atoms with Crippen LogP contribution in [0.1, 0.15) is 35.2 Å². The summed E-state index contributed by atoms with van der Waals surface area (Å²) < 4.78 is 24.6. The fourth-order valence-corrected chi connectivity index (χ4v) is 5.78.